The molecule has 0 aliphatic carbocycles. The van der Waals surface area contributed by atoms with E-state index in [0.717, 1.165) is 17.9 Å². The van der Waals surface area contributed by atoms with Crippen molar-refractivity contribution in [3.05, 3.63) is 47.5 Å². The molecule has 2 rings (SSSR count). The molecule has 0 saturated heterocycles. The number of nitrogens with one attached hydrogen (secondary N) is 1. The van der Waals surface area contributed by atoms with Gasteiger partial charge in [-0.15, -0.1) is 0 Å². The van der Waals surface area contributed by atoms with E-state index in [1.165, 1.54) is 0 Å². The Morgan fingerprint density at radius 3 is 2.94 bits per heavy atom. The van der Waals surface area contributed by atoms with Gasteiger partial charge in [0.1, 0.15) is 17.6 Å². The number of aryl methyl sites for hydroxylation is 1. The molecule has 0 aliphatic heterocycles. The second-order valence-corrected chi connectivity index (χ2v) is 4.29. The van der Waals surface area contributed by atoms with E-state index in [4.69, 9.17) is 9.68 Å². The molecule has 2 heterocycles. The van der Waals surface area contributed by atoms with Gasteiger partial charge in [-0.3, -0.25) is 0 Å². The first-order valence-corrected chi connectivity index (χ1v) is 5.85. The Bertz CT molecular complexity index is 555. The van der Waals surface area contributed by atoms with E-state index in [1.54, 1.807) is 12.3 Å². The summed E-state index contributed by atoms with van der Waals surface area (Å²) in [7, 11) is 0. The second kappa shape index (κ2) is 5.37. The van der Waals surface area contributed by atoms with E-state index in [-0.39, 0.29) is 6.04 Å². The van der Waals surface area contributed by atoms with E-state index >= 15 is 0 Å². The van der Waals surface area contributed by atoms with Crippen LogP contribution in [0.1, 0.15) is 23.9 Å². The lowest BCUT2D eigenvalue weighted by Crippen LogP contribution is -2.19. The topological polar surface area (TPSA) is 61.9 Å². The summed E-state index contributed by atoms with van der Waals surface area (Å²) in [6, 6.07) is 9.71. The molecular weight excluding hydrogens is 226 g/mol. The molecule has 18 heavy (non-hydrogen) atoms. The van der Waals surface area contributed by atoms with E-state index < -0.39 is 0 Å². The van der Waals surface area contributed by atoms with Crippen LogP contribution in [0, 0.1) is 18.3 Å². The van der Waals surface area contributed by atoms with E-state index in [2.05, 4.69) is 16.4 Å². The summed E-state index contributed by atoms with van der Waals surface area (Å²) in [5.74, 6) is 1.55. The fourth-order valence-electron chi connectivity index (χ4n) is 1.77. The third kappa shape index (κ3) is 2.89. The SMILES string of the molecule is Cc1ccc(C#N)c(NC(C)Cc2ccco2)n1. The molecule has 92 valence electrons. The number of aromatic nitrogens is 1. The Morgan fingerprint density at radius 1 is 1.44 bits per heavy atom. The maximum Gasteiger partial charge on any atom is 0.144 e. The van der Waals surface area contributed by atoms with Crippen LogP contribution in [-0.4, -0.2) is 11.0 Å². The molecule has 1 atom stereocenters. The third-order valence-electron chi connectivity index (χ3n) is 2.63. The highest BCUT2D eigenvalue weighted by molar-refractivity contribution is 5.52. The van der Waals surface area contributed by atoms with Crippen LogP contribution >= 0.6 is 0 Å². The fourth-order valence-corrected chi connectivity index (χ4v) is 1.77. The van der Waals surface area contributed by atoms with E-state index in [0.29, 0.717) is 11.4 Å². The van der Waals surface area contributed by atoms with Crippen LogP contribution < -0.4 is 5.32 Å². The average Bonchev–Trinajstić information content (AvgIpc) is 2.82. The number of nitriles is 1. The molecule has 0 fully saturated rings. The largest absolute Gasteiger partial charge is 0.469 e. The van der Waals surface area contributed by atoms with Crippen molar-refractivity contribution in [2.24, 2.45) is 0 Å². The van der Waals surface area contributed by atoms with Gasteiger partial charge in [0.2, 0.25) is 0 Å². The average molecular weight is 241 g/mol. The van der Waals surface area contributed by atoms with Gasteiger partial charge in [-0.2, -0.15) is 5.26 Å². The molecule has 2 aromatic heterocycles. The minimum Gasteiger partial charge on any atom is -0.469 e. The summed E-state index contributed by atoms with van der Waals surface area (Å²) < 4.78 is 5.30. The lowest BCUT2D eigenvalue weighted by atomic mass is 10.2. The molecule has 0 radical (unpaired) electrons. The van der Waals surface area contributed by atoms with Gasteiger partial charge in [0.15, 0.2) is 0 Å². The van der Waals surface area contributed by atoms with Crippen LogP contribution in [-0.2, 0) is 6.42 Å². The summed E-state index contributed by atoms with van der Waals surface area (Å²) in [5, 5.41) is 12.3. The lowest BCUT2D eigenvalue weighted by Gasteiger charge is -2.14. The summed E-state index contributed by atoms with van der Waals surface area (Å²) >= 11 is 0. The summed E-state index contributed by atoms with van der Waals surface area (Å²) in [5.41, 5.74) is 1.45. The Balaban J connectivity index is 2.09. The minimum atomic E-state index is 0.151. The van der Waals surface area contributed by atoms with Crippen molar-refractivity contribution in [3.8, 4) is 6.07 Å². The van der Waals surface area contributed by atoms with Gasteiger partial charge in [-0.25, -0.2) is 4.98 Å². The van der Waals surface area contributed by atoms with Crippen molar-refractivity contribution in [2.75, 3.05) is 5.32 Å². The van der Waals surface area contributed by atoms with Crippen molar-refractivity contribution in [2.45, 2.75) is 26.3 Å². The zero-order valence-electron chi connectivity index (χ0n) is 10.5. The van der Waals surface area contributed by atoms with Crippen LogP contribution in [0.3, 0.4) is 0 Å². The van der Waals surface area contributed by atoms with Crippen LogP contribution in [0.15, 0.2) is 34.9 Å². The van der Waals surface area contributed by atoms with Gasteiger partial charge in [0, 0.05) is 18.2 Å². The van der Waals surface area contributed by atoms with Gasteiger partial charge < -0.3 is 9.73 Å². The van der Waals surface area contributed by atoms with Crippen molar-refractivity contribution in [1.29, 1.82) is 5.26 Å². The first-order valence-electron chi connectivity index (χ1n) is 5.85. The highest BCUT2D eigenvalue weighted by Crippen LogP contribution is 2.15. The molecule has 1 N–H and O–H groups in total. The molecule has 0 saturated carbocycles. The number of pyridine rings is 1. The number of anilines is 1. The quantitative estimate of drug-likeness (QED) is 0.894. The number of hydrogen-bond donors (Lipinski definition) is 1. The van der Waals surface area contributed by atoms with Gasteiger partial charge in [-0.05, 0) is 38.1 Å². The van der Waals surface area contributed by atoms with Gasteiger partial charge in [-0.1, -0.05) is 0 Å². The maximum absolute atomic E-state index is 9.03. The minimum absolute atomic E-state index is 0.151. The number of rotatable bonds is 4. The molecule has 1 unspecified atom stereocenters. The summed E-state index contributed by atoms with van der Waals surface area (Å²) in [6.07, 6.45) is 2.42. The van der Waals surface area contributed by atoms with Crippen molar-refractivity contribution >= 4 is 5.82 Å². The standard InChI is InChI=1S/C14H15N3O/c1-10-5-6-12(9-15)14(16-10)17-11(2)8-13-4-3-7-18-13/h3-7,11H,8H2,1-2H3,(H,16,17). The van der Waals surface area contributed by atoms with E-state index in [9.17, 15) is 0 Å². The monoisotopic (exact) mass is 241 g/mol. The van der Waals surface area contributed by atoms with Crippen LogP contribution in [0.5, 0.6) is 0 Å². The number of nitrogens with zero attached hydrogens (tertiary/aromatic N) is 2. The van der Waals surface area contributed by atoms with Gasteiger partial charge in [0.05, 0.1) is 11.8 Å². The predicted molar refractivity (Wildman–Crippen MR) is 69.2 cm³/mol. The van der Waals surface area contributed by atoms with Crippen LogP contribution in [0.2, 0.25) is 0 Å². The van der Waals surface area contributed by atoms with Crippen molar-refractivity contribution in [3.63, 3.8) is 0 Å². The first-order chi connectivity index (χ1) is 8.69. The molecule has 4 heteroatoms. The number of furan rings is 1. The zero-order chi connectivity index (χ0) is 13.0. The number of hydrogen-bond acceptors (Lipinski definition) is 4. The van der Waals surface area contributed by atoms with Gasteiger partial charge in [0.25, 0.3) is 0 Å². The Hall–Kier alpha value is -2.28. The van der Waals surface area contributed by atoms with Crippen LogP contribution in [0.4, 0.5) is 5.82 Å². The summed E-state index contributed by atoms with van der Waals surface area (Å²) in [4.78, 5) is 4.35. The fraction of sp³-hybridized carbons (Fsp3) is 0.286. The molecular formula is C14H15N3O. The van der Waals surface area contributed by atoms with E-state index in [1.807, 2.05) is 32.0 Å². The normalized spacial score (nSPS) is 11.8. The zero-order valence-corrected chi connectivity index (χ0v) is 10.5. The van der Waals surface area contributed by atoms with Crippen LogP contribution in [0.25, 0.3) is 0 Å². The Labute approximate surface area is 106 Å². The lowest BCUT2D eigenvalue weighted by molar-refractivity contribution is 0.497. The molecule has 0 amide bonds. The smallest absolute Gasteiger partial charge is 0.144 e. The molecule has 4 nitrogen and oxygen atoms in total. The second-order valence-electron chi connectivity index (χ2n) is 4.29. The molecule has 0 aromatic carbocycles. The predicted octanol–water partition coefficient (Wildman–Crippen LogP) is 2.90. The Kier molecular flexibility index (Phi) is 3.63. The highest BCUT2D eigenvalue weighted by Gasteiger charge is 2.09. The highest BCUT2D eigenvalue weighted by atomic mass is 16.3. The molecule has 0 spiro atoms. The molecule has 2 aromatic rings. The maximum atomic E-state index is 9.03. The van der Waals surface area contributed by atoms with Crippen molar-refractivity contribution in [1.82, 2.24) is 4.98 Å². The molecule has 0 aliphatic rings. The first kappa shape index (κ1) is 12.2. The Morgan fingerprint density at radius 2 is 2.28 bits per heavy atom. The molecule has 0 bridgehead atoms. The van der Waals surface area contributed by atoms with Crippen molar-refractivity contribution < 1.29 is 4.42 Å². The summed E-state index contributed by atoms with van der Waals surface area (Å²) in [6.45, 7) is 3.94. The third-order valence-corrected chi connectivity index (χ3v) is 2.63. The van der Waals surface area contributed by atoms with Gasteiger partial charge >= 0.3 is 0 Å².